The molecule has 0 saturated carbocycles. The Morgan fingerprint density at radius 1 is 0.421 bits per heavy atom. The molecule has 6 rings (SSSR count). The number of hydrogen-bond acceptors (Lipinski definition) is 9. The molecule has 15 heteroatoms. The first-order valence-electron chi connectivity index (χ1n) is 17.6. The van der Waals surface area contributed by atoms with Crippen molar-refractivity contribution < 1.29 is 79.8 Å². The number of hydrogen-bond donors (Lipinski definition) is 0. The van der Waals surface area contributed by atoms with Crippen LogP contribution in [0.1, 0.15) is 86.0 Å². The van der Waals surface area contributed by atoms with Crippen LogP contribution in [0, 0.1) is 41.5 Å². The average Bonchev–Trinajstić information content (AvgIpc) is 3.82. The van der Waals surface area contributed by atoms with Crippen LogP contribution in [0.15, 0.2) is 72.8 Å². The van der Waals surface area contributed by atoms with Gasteiger partial charge in [0.2, 0.25) is 0 Å². The topological polar surface area (TPSA) is 160 Å². The van der Waals surface area contributed by atoms with Crippen LogP contribution in [0.4, 0.5) is 0 Å². The van der Waals surface area contributed by atoms with Crippen molar-refractivity contribution in [2.75, 3.05) is 19.8 Å². The minimum absolute atomic E-state index is 0. The van der Waals surface area contributed by atoms with Crippen molar-refractivity contribution in [2.24, 2.45) is 0 Å². The molecule has 312 valence electrons. The molecular weight excluding hydrogens is 875 g/mol. The van der Waals surface area contributed by atoms with E-state index in [0.29, 0.717) is 36.5 Å². The summed E-state index contributed by atoms with van der Waals surface area (Å²) in [6.45, 7) is 18.1. The van der Waals surface area contributed by atoms with Gasteiger partial charge in [-0.2, -0.15) is 0 Å². The van der Waals surface area contributed by atoms with Crippen LogP contribution in [0.2, 0.25) is 0 Å². The molecule has 0 aliphatic rings. The molecule has 0 aliphatic carbocycles. The van der Waals surface area contributed by atoms with Gasteiger partial charge in [0.05, 0.1) is 36.5 Å². The number of carbonyl (C=O) groups excluding carboxylic acids is 3. The summed E-state index contributed by atoms with van der Waals surface area (Å²) in [6.07, 6.45) is 0. The second-order valence-corrected chi connectivity index (χ2v) is 12.1. The van der Waals surface area contributed by atoms with Gasteiger partial charge in [-0.1, -0.05) is 57.2 Å². The molecule has 0 spiro atoms. The number of esters is 3. The Morgan fingerprint density at radius 3 is 0.789 bits per heavy atom. The van der Waals surface area contributed by atoms with Crippen molar-refractivity contribution in [2.45, 2.75) is 62.3 Å². The summed E-state index contributed by atoms with van der Waals surface area (Å²) in [5.74, 6) is -0.885. The molecule has 0 unspecified atom stereocenters. The van der Waals surface area contributed by atoms with Crippen molar-refractivity contribution >= 4 is 17.9 Å². The van der Waals surface area contributed by atoms with E-state index in [9.17, 15) is 14.4 Å². The smallest absolute Gasteiger partial charge is 0.578 e. The summed E-state index contributed by atoms with van der Waals surface area (Å²) >= 11 is 0. The fourth-order valence-electron chi connectivity index (χ4n) is 5.75. The van der Waals surface area contributed by atoms with Gasteiger partial charge in [-0.15, -0.1) is 17.1 Å². The summed E-state index contributed by atoms with van der Waals surface area (Å²) in [6, 6.07) is 21.9. The zero-order valence-corrected chi connectivity index (χ0v) is 35.9. The SMILES string of the molecule is CCOC(=O)c1ccc(-c2c(C)n[n-]c2C)cc1.CCOC(=O)c1ccc(-c2c(C)n[n-]c2C)cc1.CCOC(=O)c1ccc(-c2c(C)n[n-]c2C)cc1.[Cu+].[Cu+].[Cu+]. The van der Waals surface area contributed by atoms with E-state index in [4.69, 9.17) is 14.2 Å². The summed E-state index contributed by atoms with van der Waals surface area (Å²) in [5, 5.41) is 24.2. The second-order valence-electron chi connectivity index (χ2n) is 12.1. The van der Waals surface area contributed by atoms with Crippen LogP contribution in [-0.2, 0) is 65.4 Å². The van der Waals surface area contributed by atoms with E-state index >= 15 is 0 Å². The quantitative estimate of drug-likeness (QED) is 0.0800. The Hall–Kier alpha value is -4.74. The maximum Gasteiger partial charge on any atom is 1.00 e. The second kappa shape index (κ2) is 24.1. The summed E-state index contributed by atoms with van der Waals surface area (Å²) < 4.78 is 14.8. The van der Waals surface area contributed by atoms with E-state index in [-0.39, 0.29) is 69.1 Å². The maximum atomic E-state index is 11.5. The Bertz CT molecular complexity index is 1870. The number of aryl methyl sites for hydroxylation is 6. The van der Waals surface area contributed by atoms with Gasteiger partial charge >= 0.3 is 69.1 Å². The molecule has 0 N–H and O–H groups in total. The van der Waals surface area contributed by atoms with Gasteiger partial charge in [-0.05, 0) is 111 Å². The molecule has 0 amide bonds. The molecule has 0 bridgehead atoms. The molecule has 3 aromatic carbocycles. The van der Waals surface area contributed by atoms with Crippen molar-refractivity contribution in [3.05, 3.63) is 124 Å². The predicted molar refractivity (Wildman–Crippen MR) is 205 cm³/mol. The van der Waals surface area contributed by atoms with Crippen molar-refractivity contribution in [1.29, 1.82) is 0 Å². The minimum Gasteiger partial charge on any atom is -0.578 e. The van der Waals surface area contributed by atoms with Gasteiger partial charge in [-0.3, -0.25) is 0 Å². The van der Waals surface area contributed by atoms with Crippen LogP contribution < -0.4 is 15.3 Å². The Balaban J connectivity index is 0.000000417. The number of ether oxygens (including phenoxy) is 3. The normalized spacial score (nSPS) is 9.84. The van der Waals surface area contributed by atoms with Crippen LogP contribution in [0.25, 0.3) is 33.4 Å². The molecule has 0 atom stereocenters. The fourth-order valence-corrected chi connectivity index (χ4v) is 5.75. The van der Waals surface area contributed by atoms with Gasteiger partial charge in [0.15, 0.2) is 0 Å². The Labute approximate surface area is 365 Å². The first-order chi connectivity index (χ1) is 25.9. The number of aromatic nitrogens is 6. The molecule has 3 heterocycles. The maximum absolute atomic E-state index is 11.5. The van der Waals surface area contributed by atoms with Crippen molar-refractivity contribution in [3.8, 4) is 33.4 Å². The van der Waals surface area contributed by atoms with E-state index < -0.39 is 0 Å². The molecular formula is C42H45Cu3N6O6. The first-order valence-corrected chi connectivity index (χ1v) is 17.6. The van der Waals surface area contributed by atoms with Gasteiger partial charge < -0.3 is 44.8 Å². The average molecular weight is 920 g/mol. The van der Waals surface area contributed by atoms with Gasteiger partial charge in [0.1, 0.15) is 0 Å². The third-order valence-corrected chi connectivity index (χ3v) is 8.27. The number of carbonyl (C=O) groups is 3. The number of rotatable bonds is 9. The van der Waals surface area contributed by atoms with E-state index in [1.165, 1.54) is 0 Å². The zero-order chi connectivity index (χ0) is 39.4. The van der Waals surface area contributed by atoms with Gasteiger partial charge in [0, 0.05) is 17.1 Å². The molecule has 0 radical (unpaired) electrons. The summed E-state index contributed by atoms with van der Waals surface area (Å²) in [5.41, 5.74) is 13.2. The standard InChI is InChI=1S/3C14H16N2O2.3Cu/c3*1-4-18-14(17)12-7-5-11(6-8-12)13-9(2)15-16-10(13)3;;;/h3*5-8H,4H2,1-3H3,(H,15,16,17);;;/q;;;3*+1/p-3. The fraction of sp³-hybridized carbons (Fsp3) is 0.286. The first kappa shape index (κ1) is 50.3. The van der Waals surface area contributed by atoms with Gasteiger partial charge in [-0.25, -0.2) is 14.4 Å². The van der Waals surface area contributed by atoms with Crippen LogP contribution in [0.3, 0.4) is 0 Å². The molecule has 0 aliphatic heterocycles. The van der Waals surface area contributed by atoms with E-state index in [1.807, 2.05) is 77.9 Å². The van der Waals surface area contributed by atoms with Crippen LogP contribution >= 0.6 is 0 Å². The van der Waals surface area contributed by atoms with E-state index in [1.54, 1.807) is 57.2 Å². The largest absolute Gasteiger partial charge is 1.00 e. The third-order valence-electron chi connectivity index (χ3n) is 8.27. The van der Waals surface area contributed by atoms with Gasteiger partial charge in [0.25, 0.3) is 0 Å². The zero-order valence-electron chi connectivity index (χ0n) is 33.1. The van der Waals surface area contributed by atoms with E-state index in [2.05, 4.69) is 30.6 Å². The molecule has 3 aromatic heterocycles. The molecule has 57 heavy (non-hydrogen) atoms. The molecule has 0 fully saturated rings. The van der Waals surface area contributed by atoms with Crippen LogP contribution in [0.5, 0.6) is 0 Å². The minimum atomic E-state index is -0.295. The van der Waals surface area contributed by atoms with Crippen LogP contribution in [-0.4, -0.2) is 53.0 Å². The Kier molecular flexibility index (Phi) is 21.3. The predicted octanol–water partition coefficient (Wildman–Crippen LogP) is 7.49. The van der Waals surface area contributed by atoms with Crippen molar-refractivity contribution in [3.63, 3.8) is 0 Å². The third kappa shape index (κ3) is 13.1. The van der Waals surface area contributed by atoms with E-state index in [0.717, 1.165) is 67.5 Å². The molecule has 0 saturated heterocycles. The molecule has 6 aromatic rings. The molecule has 12 nitrogen and oxygen atoms in total. The number of nitrogens with zero attached hydrogens (tertiary/aromatic N) is 6. The van der Waals surface area contributed by atoms with Crippen molar-refractivity contribution in [1.82, 2.24) is 30.6 Å². The number of benzene rings is 3. The summed E-state index contributed by atoms with van der Waals surface area (Å²) in [4.78, 5) is 34.6. The monoisotopic (exact) mass is 918 g/mol. The summed E-state index contributed by atoms with van der Waals surface area (Å²) in [7, 11) is 0. The Morgan fingerprint density at radius 2 is 0.632 bits per heavy atom.